The first kappa shape index (κ1) is 14.7. The van der Waals surface area contributed by atoms with Gasteiger partial charge in [-0.15, -0.1) is 0 Å². The van der Waals surface area contributed by atoms with Gasteiger partial charge in [0.25, 0.3) is 5.91 Å². The lowest BCUT2D eigenvalue weighted by molar-refractivity contribution is 0.0992. The number of benzene rings is 2. The molecule has 0 fully saturated rings. The molecule has 1 aromatic heterocycles. The molecule has 0 saturated heterocycles. The van der Waals surface area contributed by atoms with Gasteiger partial charge in [-0.2, -0.15) is 0 Å². The molecule has 0 aliphatic rings. The van der Waals surface area contributed by atoms with Crippen molar-refractivity contribution in [3.8, 4) is 11.5 Å². The van der Waals surface area contributed by atoms with Crippen LogP contribution < -0.4 is 10.1 Å². The molecular formula is C18H15NO4. The van der Waals surface area contributed by atoms with Gasteiger partial charge in [0.1, 0.15) is 23.9 Å². The molecule has 0 aliphatic carbocycles. The number of hydrogen-bond donors (Lipinski definition) is 2. The van der Waals surface area contributed by atoms with Crippen LogP contribution in [0.5, 0.6) is 11.5 Å². The van der Waals surface area contributed by atoms with Crippen LogP contribution in [0.1, 0.15) is 16.3 Å². The molecule has 0 bridgehead atoms. The van der Waals surface area contributed by atoms with Crippen LogP contribution in [0, 0.1) is 0 Å². The van der Waals surface area contributed by atoms with E-state index < -0.39 is 5.91 Å². The van der Waals surface area contributed by atoms with E-state index in [9.17, 15) is 9.90 Å². The Morgan fingerprint density at radius 1 is 1.00 bits per heavy atom. The van der Waals surface area contributed by atoms with Crippen LogP contribution in [0.3, 0.4) is 0 Å². The number of amides is 1. The number of para-hydroxylation sites is 3. The molecule has 0 aliphatic heterocycles. The van der Waals surface area contributed by atoms with E-state index >= 15 is 0 Å². The van der Waals surface area contributed by atoms with Crippen LogP contribution in [0.25, 0.3) is 0 Å². The van der Waals surface area contributed by atoms with Gasteiger partial charge >= 0.3 is 0 Å². The number of ether oxygens (including phenoxy) is 1. The predicted octanol–water partition coefficient (Wildman–Crippen LogP) is 3.82. The number of rotatable bonds is 5. The molecule has 0 unspecified atom stereocenters. The van der Waals surface area contributed by atoms with Crippen molar-refractivity contribution in [2.24, 2.45) is 0 Å². The largest absolute Gasteiger partial charge is 0.506 e. The number of carbonyl (C=O) groups is 1. The molecule has 3 rings (SSSR count). The maximum Gasteiger partial charge on any atom is 0.291 e. The molecule has 0 radical (unpaired) electrons. The highest BCUT2D eigenvalue weighted by atomic mass is 16.5. The quantitative estimate of drug-likeness (QED) is 0.703. The average Bonchev–Trinajstić information content (AvgIpc) is 3.05. The topological polar surface area (TPSA) is 71.7 Å². The lowest BCUT2D eigenvalue weighted by Gasteiger charge is -2.05. The van der Waals surface area contributed by atoms with Gasteiger partial charge in [0, 0.05) is 0 Å². The first-order chi connectivity index (χ1) is 11.2. The Bertz CT molecular complexity index is 796. The number of phenols is 1. The summed E-state index contributed by atoms with van der Waals surface area (Å²) in [7, 11) is 0. The number of phenolic OH excluding ortho intramolecular Hbond substituents is 1. The van der Waals surface area contributed by atoms with Gasteiger partial charge in [0.15, 0.2) is 5.76 Å². The highest BCUT2D eigenvalue weighted by Gasteiger charge is 2.13. The third kappa shape index (κ3) is 3.71. The molecule has 0 saturated carbocycles. The summed E-state index contributed by atoms with van der Waals surface area (Å²) in [5.74, 6) is 0.984. The first-order valence-corrected chi connectivity index (χ1v) is 7.08. The van der Waals surface area contributed by atoms with E-state index in [1.54, 1.807) is 30.3 Å². The SMILES string of the molecule is O=C(Nc1ccccc1O)c1ccc(COc2ccccc2)o1. The molecule has 5 heteroatoms. The summed E-state index contributed by atoms with van der Waals surface area (Å²) in [5, 5.41) is 12.2. The normalized spacial score (nSPS) is 10.3. The first-order valence-electron chi connectivity index (χ1n) is 7.08. The Kier molecular flexibility index (Phi) is 4.29. The Morgan fingerprint density at radius 3 is 2.52 bits per heavy atom. The molecular weight excluding hydrogens is 294 g/mol. The van der Waals surface area contributed by atoms with Crippen molar-refractivity contribution in [1.82, 2.24) is 0 Å². The Hall–Kier alpha value is -3.21. The van der Waals surface area contributed by atoms with Crippen molar-refractivity contribution < 1.29 is 19.1 Å². The second-order valence-corrected chi connectivity index (χ2v) is 4.84. The molecule has 2 aromatic carbocycles. The van der Waals surface area contributed by atoms with Gasteiger partial charge in [0.2, 0.25) is 0 Å². The molecule has 0 spiro atoms. The minimum Gasteiger partial charge on any atom is -0.506 e. The van der Waals surface area contributed by atoms with Crippen LogP contribution in [0.4, 0.5) is 5.69 Å². The monoisotopic (exact) mass is 309 g/mol. The van der Waals surface area contributed by atoms with E-state index in [0.29, 0.717) is 11.4 Å². The second kappa shape index (κ2) is 6.70. The summed E-state index contributed by atoms with van der Waals surface area (Å²) >= 11 is 0. The lowest BCUT2D eigenvalue weighted by Crippen LogP contribution is -2.10. The molecule has 2 N–H and O–H groups in total. The fourth-order valence-corrected chi connectivity index (χ4v) is 2.01. The fourth-order valence-electron chi connectivity index (χ4n) is 2.01. The molecule has 1 amide bonds. The van der Waals surface area contributed by atoms with Crippen molar-refractivity contribution >= 4 is 11.6 Å². The van der Waals surface area contributed by atoms with Crippen LogP contribution in [0.15, 0.2) is 71.1 Å². The van der Waals surface area contributed by atoms with Crippen molar-refractivity contribution in [3.05, 3.63) is 78.3 Å². The Morgan fingerprint density at radius 2 is 1.74 bits per heavy atom. The van der Waals surface area contributed by atoms with Crippen molar-refractivity contribution in [2.75, 3.05) is 5.32 Å². The zero-order valence-electron chi connectivity index (χ0n) is 12.2. The third-order valence-electron chi connectivity index (χ3n) is 3.16. The number of anilines is 1. The van der Waals surface area contributed by atoms with Crippen molar-refractivity contribution in [2.45, 2.75) is 6.61 Å². The van der Waals surface area contributed by atoms with Crippen molar-refractivity contribution in [3.63, 3.8) is 0 Å². The van der Waals surface area contributed by atoms with Gasteiger partial charge in [-0.3, -0.25) is 4.79 Å². The molecule has 3 aromatic rings. The van der Waals surface area contributed by atoms with E-state index in [-0.39, 0.29) is 18.1 Å². The smallest absolute Gasteiger partial charge is 0.291 e. The summed E-state index contributed by atoms with van der Waals surface area (Å²) in [6.07, 6.45) is 0. The molecule has 1 heterocycles. The van der Waals surface area contributed by atoms with Crippen LogP contribution in [-0.4, -0.2) is 11.0 Å². The summed E-state index contributed by atoms with van der Waals surface area (Å²) < 4.78 is 11.0. The molecule has 5 nitrogen and oxygen atoms in total. The number of hydrogen-bond acceptors (Lipinski definition) is 4. The Labute approximate surface area is 133 Å². The number of nitrogens with one attached hydrogen (secondary N) is 1. The second-order valence-electron chi connectivity index (χ2n) is 4.84. The van der Waals surface area contributed by atoms with E-state index in [1.807, 2.05) is 30.3 Å². The molecule has 23 heavy (non-hydrogen) atoms. The van der Waals surface area contributed by atoms with Crippen molar-refractivity contribution in [1.29, 1.82) is 0 Å². The van der Waals surface area contributed by atoms with Gasteiger partial charge < -0.3 is 19.6 Å². The minimum atomic E-state index is -0.433. The van der Waals surface area contributed by atoms with Crippen LogP contribution in [-0.2, 0) is 6.61 Å². The highest BCUT2D eigenvalue weighted by molar-refractivity contribution is 6.03. The van der Waals surface area contributed by atoms with Gasteiger partial charge in [0.05, 0.1) is 5.69 Å². The predicted molar refractivity (Wildman–Crippen MR) is 85.5 cm³/mol. The Balaban J connectivity index is 1.62. The summed E-state index contributed by atoms with van der Waals surface area (Å²) in [6.45, 7) is 0.230. The summed E-state index contributed by atoms with van der Waals surface area (Å²) in [5.41, 5.74) is 0.330. The maximum absolute atomic E-state index is 12.1. The zero-order valence-corrected chi connectivity index (χ0v) is 12.2. The third-order valence-corrected chi connectivity index (χ3v) is 3.16. The van der Waals surface area contributed by atoms with E-state index in [4.69, 9.17) is 9.15 Å². The van der Waals surface area contributed by atoms with E-state index in [2.05, 4.69) is 5.32 Å². The summed E-state index contributed by atoms with van der Waals surface area (Å²) in [6, 6.07) is 19.1. The average molecular weight is 309 g/mol. The van der Waals surface area contributed by atoms with E-state index in [0.717, 1.165) is 5.75 Å². The van der Waals surface area contributed by atoms with E-state index in [1.165, 1.54) is 6.07 Å². The number of carbonyl (C=O) groups excluding carboxylic acids is 1. The summed E-state index contributed by atoms with van der Waals surface area (Å²) in [4.78, 5) is 12.1. The number of furan rings is 1. The van der Waals surface area contributed by atoms with Gasteiger partial charge in [-0.25, -0.2) is 0 Å². The minimum absolute atomic E-state index is 0.0000375. The fraction of sp³-hybridized carbons (Fsp3) is 0.0556. The van der Waals surface area contributed by atoms with Crippen LogP contribution >= 0.6 is 0 Å². The van der Waals surface area contributed by atoms with Gasteiger partial charge in [-0.05, 0) is 36.4 Å². The zero-order chi connectivity index (χ0) is 16.1. The number of aromatic hydroxyl groups is 1. The maximum atomic E-state index is 12.1. The lowest BCUT2D eigenvalue weighted by atomic mass is 10.3. The molecule has 0 atom stereocenters. The highest BCUT2D eigenvalue weighted by Crippen LogP contribution is 2.22. The van der Waals surface area contributed by atoms with Gasteiger partial charge in [-0.1, -0.05) is 30.3 Å². The standard InChI is InChI=1S/C18H15NO4/c20-16-9-5-4-8-15(16)19-18(21)17-11-10-14(23-17)12-22-13-6-2-1-3-7-13/h1-11,20H,12H2,(H,19,21). The van der Waals surface area contributed by atoms with Crippen LogP contribution in [0.2, 0.25) is 0 Å². The molecule has 116 valence electrons.